The third-order valence-corrected chi connectivity index (χ3v) is 7.36. The van der Waals surface area contributed by atoms with Crippen molar-refractivity contribution in [3.63, 3.8) is 0 Å². The van der Waals surface area contributed by atoms with E-state index in [1.54, 1.807) is 0 Å². The van der Waals surface area contributed by atoms with E-state index in [2.05, 4.69) is 9.88 Å². The van der Waals surface area contributed by atoms with Crippen molar-refractivity contribution < 1.29 is 4.74 Å². The van der Waals surface area contributed by atoms with Gasteiger partial charge in [0, 0.05) is 42.7 Å². The summed E-state index contributed by atoms with van der Waals surface area (Å²) in [5, 5.41) is 1.72. The minimum absolute atomic E-state index is 0.0223. The molecule has 5 nitrogen and oxygen atoms in total. The number of hydrogen-bond donors (Lipinski definition) is 0. The molecule has 2 aliphatic carbocycles. The molecule has 6 heteroatoms. The molecule has 2 heterocycles. The van der Waals surface area contributed by atoms with Crippen LogP contribution in [0.1, 0.15) is 56.2 Å². The summed E-state index contributed by atoms with van der Waals surface area (Å²) in [4.78, 5) is 19.7. The average Bonchev–Trinajstić information content (AvgIpc) is 3.16. The molecule has 1 saturated carbocycles. The van der Waals surface area contributed by atoms with Crippen molar-refractivity contribution in [1.29, 1.82) is 0 Å². The summed E-state index contributed by atoms with van der Waals surface area (Å²) < 4.78 is 7.39. The van der Waals surface area contributed by atoms with Crippen LogP contribution in [0.2, 0.25) is 0 Å². The molecule has 3 aliphatic rings. The molecule has 144 valence electrons. The third kappa shape index (κ3) is 4.34. The molecule has 0 unspecified atom stereocenters. The first-order valence-corrected chi connectivity index (χ1v) is 11.3. The number of morpholine rings is 1. The fraction of sp³-hybridized carbons (Fsp3) is 0.800. The Kier molecular flexibility index (Phi) is 6.33. The number of thioether (sulfide) groups is 1. The van der Waals surface area contributed by atoms with Gasteiger partial charge < -0.3 is 4.74 Å². The van der Waals surface area contributed by atoms with Gasteiger partial charge in [-0.15, -0.1) is 11.8 Å². The summed E-state index contributed by atoms with van der Waals surface area (Å²) in [5.74, 6) is 0. The molecule has 0 spiro atoms. The van der Waals surface area contributed by atoms with Gasteiger partial charge in [0.15, 0.2) is 0 Å². The quantitative estimate of drug-likeness (QED) is 0.714. The van der Waals surface area contributed by atoms with Crippen LogP contribution in [0, 0.1) is 0 Å². The van der Waals surface area contributed by atoms with Crippen molar-refractivity contribution in [2.75, 3.05) is 32.8 Å². The fourth-order valence-corrected chi connectivity index (χ4v) is 5.91. The Labute approximate surface area is 160 Å². The molecule has 0 bridgehead atoms. The molecule has 1 aromatic rings. The van der Waals surface area contributed by atoms with Crippen molar-refractivity contribution in [3.8, 4) is 0 Å². The number of aromatic nitrogens is 2. The van der Waals surface area contributed by atoms with Crippen molar-refractivity contribution in [3.05, 3.63) is 21.7 Å². The van der Waals surface area contributed by atoms with Gasteiger partial charge in [0.05, 0.1) is 13.2 Å². The average molecular weight is 378 g/mol. The summed E-state index contributed by atoms with van der Waals surface area (Å²) >= 11 is 1.89. The predicted octanol–water partition coefficient (Wildman–Crippen LogP) is 2.88. The molecule has 0 amide bonds. The standard InChI is InChI=1S/C20H31N3O2S/c24-20-21-19(26-16-6-2-1-3-7-16)17-8-4-9-18(17)23(20)11-5-10-22-12-14-25-15-13-22/h16H,1-15H2. The van der Waals surface area contributed by atoms with Crippen LogP contribution in [0.5, 0.6) is 0 Å². The van der Waals surface area contributed by atoms with E-state index < -0.39 is 0 Å². The number of rotatable bonds is 6. The van der Waals surface area contributed by atoms with Crippen LogP contribution in [0.15, 0.2) is 9.82 Å². The van der Waals surface area contributed by atoms with Gasteiger partial charge in [-0.05, 0) is 38.5 Å². The highest BCUT2D eigenvalue weighted by molar-refractivity contribution is 7.99. The van der Waals surface area contributed by atoms with Crippen molar-refractivity contribution in [2.45, 2.75) is 74.6 Å². The number of ether oxygens (including phenoxy) is 1. The second kappa shape index (κ2) is 8.89. The molecule has 4 rings (SSSR count). The molecular formula is C20H31N3O2S. The molecule has 0 atom stereocenters. The zero-order valence-corrected chi connectivity index (χ0v) is 16.6. The third-order valence-electron chi connectivity index (χ3n) is 5.99. The molecule has 1 aliphatic heterocycles. The second-order valence-electron chi connectivity index (χ2n) is 7.82. The normalized spacial score (nSPS) is 21.8. The van der Waals surface area contributed by atoms with E-state index in [4.69, 9.17) is 4.74 Å². The largest absolute Gasteiger partial charge is 0.379 e. The molecule has 1 aromatic heterocycles. The lowest BCUT2D eigenvalue weighted by Crippen LogP contribution is -2.37. The van der Waals surface area contributed by atoms with Gasteiger partial charge in [-0.25, -0.2) is 4.79 Å². The second-order valence-corrected chi connectivity index (χ2v) is 9.10. The Balaban J connectivity index is 1.44. The zero-order valence-electron chi connectivity index (χ0n) is 15.8. The highest BCUT2D eigenvalue weighted by Gasteiger charge is 2.24. The molecular weight excluding hydrogens is 346 g/mol. The van der Waals surface area contributed by atoms with Gasteiger partial charge in [-0.2, -0.15) is 4.98 Å². The van der Waals surface area contributed by atoms with Gasteiger partial charge in [-0.1, -0.05) is 19.3 Å². The van der Waals surface area contributed by atoms with Gasteiger partial charge in [0.25, 0.3) is 0 Å². The molecule has 0 radical (unpaired) electrons. The van der Waals surface area contributed by atoms with E-state index in [0.717, 1.165) is 63.7 Å². The monoisotopic (exact) mass is 377 g/mol. The fourth-order valence-electron chi connectivity index (χ4n) is 4.53. The SMILES string of the molecule is O=c1nc(SC2CCCCC2)c2c(n1CCCN1CCOCC1)CCC2. The summed E-state index contributed by atoms with van der Waals surface area (Å²) in [6.07, 6.45) is 10.9. The first-order valence-electron chi connectivity index (χ1n) is 10.4. The maximum atomic E-state index is 12.7. The highest BCUT2D eigenvalue weighted by atomic mass is 32.2. The number of fused-ring (bicyclic) bond motifs is 1. The Morgan fingerprint density at radius 1 is 1.04 bits per heavy atom. The van der Waals surface area contributed by atoms with Crippen LogP contribution in [0.4, 0.5) is 0 Å². The maximum Gasteiger partial charge on any atom is 0.348 e. The smallest absolute Gasteiger partial charge is 0.348 e. The topological polar surface area (TPSA) is 47.4 Å². The summed E-state index contributed by atoms with van der Waals surface area (Å²) in [5.41, 5.74) is 2.64. The van der Waals surface area contributed by atoms with Crippen LogP contribution in [-0.4, -0.2) is 52.5 Å². The van der Waals surface area contributed by atoms with E-state index in [9.17, 15) is 4.79 Å². The van der Waals surface area contributed by atoms with Gasteiger partial charge >= 0.3 is 5.69 Å². The Morgan fingerprint density at radius 2 is 1.85 bits per heavy atom. The summed E-state index contributed by atoms with van der Waals surface area (Å²) in [6.45, 7) is 5.56. The lowest BCUT2D eigenvalue weighted by atomic mass is 10.0. The lowest BCUT2D eigenvalue weighted by Gasteiger charge is -2.26. The van der Waals surface area contributed by atoms with Crippen LogP contribution < -0.4 is 5.69 Å². The van der Waals surface area contributed by atoms with Gasteiger partial charge in [-0.3, -0.25) is 9.47 Å². The number of hydrogen-bond acceptors (Lipinski definition) is 5. The summed E-state index contributed by atoms with van der Waals surface area (Å²) in [6, 6.07) is 0. The zero-order chi connectivity index (χ0) is 17.8. The highest BCUT2D eigenvalue weighted by Crippen LogP contribution is 2.36. The predicted molar refractivity (Wildman–Crippen MR) is 105 cm³/mol. The molecule has 0 aromatic carbocycles. The van der Waals surface area contributed by atoms with E-state index in [1.807, 2.05) is 16.3 Å². The van der Waals surface area contributed by atoms with Crippen LogP contribution in [0.3, 0.4) is 0 Å². The van der Waals surface area contributed by atoms with Crippen LogP contribution in [-0.2, 0) is 24.1 Å². The number of nitrogens with zero attached hydrogens (tertiary/aromatic N) is 3. The molecule has 0 N–H and O–H groups in total. The molecule has 2 fully saturated rings. The lowest BCUT2D eigenvalue weighted by molar-refractivity contribution is 0.0368. The van der Waals surface area contributed by atoms with E-state index >= 15 is 0 Å². The van der Waals surface area contributed by atoms with Crippen molar-refractivity contribution >= 4 is 11.8 Å². The van der Waals surface area contributed by atoms with Crippen LogP contribution in [0.25, 0.3) is 0 Å². The van der Waals surface area contributed by atoms with Crippen molar-refractivity contribution in [2.24, 2.45) is 0 Å². The first-order chi connectivity index (χ1) is 12.8. The maximum absolute atomic E-state index is 12.7. The molecule has 26 heavy (non-hydrogen) atoms. The van der Waals surface area contributed by atoms with Crippen LogP contribution >= 0.6 is 11.8 Å². The van der Waals surface area contributed by atoms with Crippen molar-refractivity contribution in [1.82, 2.24) is 14.5 Å². The van der Waals surface area contributed by atoms with Gasteiger partial charge in [0.2, 0.25) is 0 Å². The Bertz CT molecular complexity index is 664. The Morgan fingerprint density at radius 3 is 2.65 bits per heavy atom. The molecule has 1 saturated heterocycles. The van der Waals surface area contributed by atoms with E-state index in [-0.39, 0.29) is 5.69 Å². The minimum atomic E-state index is -0.0223. The van der Waals surface area contributed by atoms with E-state index in [0.29, 0.717) is 5.25 Å². The summed E-state index contributed by atoms with van der Waals surface area (Å²) in [7, 11) is 0. The first kappa shape index (κ1) is 18.5. The minimum Gasteiger partial charge on any atom is -0.379 e. The van der Waals surface area contributed by atoms with Gasteiger partial charge in [0.1, 0.15) is 5.03 Å². The van der Waals surface area contributed by atoms with E-state index in [1.165, 1.54) is 49.8 Å². The Hall–Kier alpha value is -0.850.